The minimum Gasteiger partial charge on any atom is -0.445 e. The third kappa shape index (κ3) is 6.04. The van der Waals surface area contributed by atoms with Crippen LogP contribution in [0.3, 0.4) is 0 Å². The molecule has 8 nitrogen and oxygen atoms in total. The van der Waals surface area contributed by atoms with Crippen LogP contribution in [0.15, 0.2) is 110 Å². The molecule has 226 valence electrons. The fraction of sp³-hybridized carbons (Fsp3) is 0.216. The van der Waals surface area contributed by atoms with Gasteiger partial charge < -0.3 is 24.5 Å². The number of carbonyl (C=O) groups excluding carboxylic acids is 2. The van der Waals surface area contributed by atoms with E-state index < -0.39 is 5.91 Å². The number of benzene rings is 4. The third-order valence-electron chi connectivity index (χ3n) is 8.88. The van der Waals surface area contributed by atoms with Crippen molar-refractivity contribution in [2.75, 3.05) is 13.1 Å². The summed E-state index contributed by atoms with van der Waals surface area (Å²) >= 11 is 0. The molecular weight excluding hydrogens is 562 g/mol. The molecule has 8 heteroatoms. The molecule has 0 aliphatic carbocycles. The van der Waals surface area contributed by atoms with Gasteiger partial charge in [0.2, 0.25) is 0 Å². The lowest BCUT2D eigenvalue weighted by atomic mass is 9.97. The van der Waals surface area contributed by atoms with Crippen molar-refractivity contribution in [3.05, 3.63) is 127 Å². The van der Waals surface area contributed by atoms with E-state index in [-0.39, 0.29) is 12.7 Å². The van der Waals surface area contributed by atoms with Gasteiger partial charge in [-0.2, -0.15) is 0 Å². The van der Waals surface area contributed by atoms with Crippen LogP contribution in [-0.2, 0) is 24.4 Å². The zero-order chi connectivity index (χ0) is 30.8. The zero-order valence-corrected chi connectivity index (χ0v) is 25.0. The molecule has 0 atom stereocenters. The Bertz CT molecular complexity index is 1990. The van der Waals surface area contributed by atoms with E-state index in [1.807, 2.05) is 65.8 Å². The van der Waals surface area contributed by atoms with E-state index >= 15 is 0 Å². The van der Waals surface area contributed by atoms with E-state index in [0.29, 0.717) is 31.2 Å². The second kappa shape index (κ2) is 12.3. The van der Waals surface area contributed by atoms with E-state index in [0.717, 1.165) is 57.9 Å². The molecule has 1 aliphatic rings. The van der Waals surface area contributed by atoms with Crippen molar-refractivity contribution in [1.29, 1.82) is 0 Å². The summed E-state index contributed by atoms with van der Waals surface area (Å²) in [6.45, 7) is 2.84. The van der Waals surface area contributed by atoms with Gasteiger partial charge in [0.05, 0.1) is 18.6 Å². The number of hydrogen-bond acceptors (Lipinski definition) is 4. The molecule has 1 saturated heterocycles. The molecule has 4 aromatic carbocycles. The highest BCUT2D eigenvalue weighted by atomic mass is 16.6. The summed E-state index contributed by atoms with van der Waals surface area (Å²) in [5.41, 5.74) is 10.3. The second-order valence-corrected chi connectivity index (χ2v) is 11.8. The Kier molecular flexibility index (Phi) is 7.78. The molecule has 0 saturated carbocycles. The van der Waals surface area contributed by atoms with Crippen molar-refractivity contribution in [2.45, 2.75) is 32.5 Å². The number of likely N-dealkylation sites (tertiary alicyclic amines) is 1. The first-order chi connectivity index (χ1) is 22.0. The minimum absolute atomic E-state index is 0.261. The van der Waals surface area contributed by atoms with Crippen LogP contribution in [0.4, 0.5) is 4.79 Å². The van der Waals surface area contributed by atoms with E-state index in [1.54, 1.807) is 4.90 Å². The van der Waals surface area contributed by atoms with Gasteiger partial charge in [-0.05, 0) is 63.6 Å². The highest BCUT2D eigenvalue weighted by molar-refractivity contribution is 5.99. The maximum absolute atomic E-state index is 12.8. The fourth-order valence-electron chi connectivity index (χ4n) is 6.43. The molecule has 2 amide bonds. The van der Waals surface area contributed by atoms with Gasteiger partial charge in [0, 0.05) is 37.6 Å². The Morgan fingerprint density at radius 3 is 2.42 bits per heavy atom. The lowest BCUT2D eigenvalue weighted by Gasteiger charge is -2.31. The van der Waals surface area contributed by atoms with Crippen molar-refractivity contribution < 1.29 is 14.3 Å². The molecule has 7 rings (SSSR count). The average Bonchev–Trinajstić information content (AvgIpc) is 3.70. The van der Waals surface area contributed by atoms with Crippen molar-refractivity contribution in [2.24, 2.45) is 11.7 Å². The van der Waals surface area contributed by atoms with Gasteiger partial charge in [-0.3, -0.25) is 4.79 Å². The summed E-state index contributed by atoms with van der Waals surface area (Å²) in [6, 6.07) is 30.6. The topological polar surface area (TPSA) is 95.4 Å². The first-order valence-electron chi connectivity index (χ1n) is 15.4. The number of imidazole rings is 1. The molecule has 3 heterocycles. The Balaban J connectivity index is 0.980. The van der Waals surface area contributed by atoms with E-state index in [9.17, 15) is 9.59 Å². The van der Waals surface area contributed by atoms with Crippen LogP contribution in [0.1, 0.15) is 34.6 Å². The Morgan fingerprint density at radius 1 is 0.844 bits per heavy atom. The van der Waals surface area contributed by atoms with Crippen LogP contribution < -0.4 is 5.73 Å². The fourth-order valence-corrected chi connectivity index (χ4v) is 6.43. The van der Waals surface area contributed by atoms with Crippen LogP contribution in [0.2, 0.25) is 0 Å². The van der Waals surface area contributed by atoms with Gasteiger partial charge in [0.1, 0.15) is 12.3 Å². The van der Waals surface area contributed by atoms with Crippen molar-refractivity contribution >= 4 is 33.5 Å². The lowest BCUT2D eigenvalue weighted by molar-refractivity contribution is 0.0806. The molecule has 1 aliphatic heterocycles. The highest BCUT2D eigenvalue weighted by Crippen LogP contribution is 2.30. The van der Waals surface area contributed by atoms with E-state index in [4.69, 9.17) is 10.5 Å². The predicted octanol–water partition coefficient (Wildman–Crippen LogP) is 6.85. The highest BCUT2D eigenvalue weighted by Gasteiger charge is 2.25. The van der Waals surface area contributed by atoms with E-state index in [2.05, 4.69) is 58.1 Å². The monoisotopic (exact) mass is 597 g/mol. The Labute approximate surface area is 261 Å². The van der Waals surface area contributed by atoms with Crippen LogP contribution in [0.25, 0.3) is 32.7 Å². The number of amides is 2. The number of aromatic nitrogens is 3. The number of piperidine rings is 1. The van der Waals surface area contributed by atoms with Crippen LogP contribution in [-0.4, -0.2) is 44.1 Å². The number of rotatable bonds is 8. The second-order valence-electron chi connectivity index (χ2n) is 11.8. The van der Waals surface area contributed by atoms with Crippen LogP contribution in [0.5, 0.6) is 0 Å². The first kappa shape index (κ1) is 28.4. The van der Waals surface area contributed by atoms with Crippen LogP contribution in [0, 0.1) is 5.92 Å². The summed E-state index contributed by atoms with van der Waals surface area (Å²) in [5, 5.41) is 4.58. The first-order valence-corrected chi connectivity index (χ1v) is 15.4. The smallest absolute Gasteiger partial charge is 0.410 e. The maximum Gasteiger partial charge on any atom is 0.410 e. The largest absolute Gasteiger partial charge is 0.445 e. The van der Waals surface area contributed by atoms with Gasteiger partial charge in [0.15, 0.2) is 0 Å². The molecule has 2 N–H and O–H groups in total. The minimum atomic E-state index is -0.465. The standard InChI is InChI=1S/C37H35N5O3/c38-36(43)35-19-31(34-11-5-9-29-7-3-4-10-33(29)34)22-41(35)23-32-20-39-25-42(32)21-26-14-16-40(17-15-26)37(44)45-24-27-12-13-28-6-1-2-8-30(28)18-27/h1-13,18-20,22,25-26H,14-17,21,23-24H2,(H2,38,43). The third-order valence-corrected chi connectivity index (χ3v) is 8.88. The van der Waals surface area contributed by atoms with Gasteiger partial charge in [-0.25, -0.2) is 9.78 Å². The summed E-state index contributed by atoms with van der Waals surface area (Å²) in [7, 11) is 0. The van der Waals surface area contributed by atoms with Gasteiger partial charge >= 0.3 is 6.09 Å². The maximum atomic E-state index is 12.8. The molecule has 0 spiro atoms. The summed E-state index contributed by atoms with van der Waals surface area (Å²) in [6.07, 6.45) is 7.19. The molecule has 0 bridgehead atoms. The Hall–Kier alpha value is -5.37. The predicted molar refractivity (Wildman–Crippen MR) is 176 cm³/mol. The number of hydrogen-bond donors (Lipinski definition) is 1. The van der Waals surface area contributed by atoms with Gasteiger partial charge in [-0.1, -0.05) is 78.9 Å². The average molecular weight is 598 g/mol. The summed E-state index contributed by atoms with van der Waals surface area (Å²) < 4.78 is 9.73. The van der Waals surface area contributed by atoms with Gasteiger partial charge in [0.25, 0.3) is 5.91 Å². The summed E-state index contributed by atoms with van der Waals surface area (Å²) in [4.78, 5) is 31.5. The molecule has 6 aromatic rings. The zero-order valence-electron chi connectivity index (χ0n) is 25.0. The molecule has 1 fully saturated rings. The number of fused-ring (bicyclic) bond motifs is 2. The SMILES string of the molecule is NC(=O)c1cc(-c2cccc3ccccc23)cn1Cc1cncn1CC1CCN(C(=O)OCc2ccc3ccccc3c2)CC1. The molecule has 2 aromatic heterocycles. The molecule has 45 heavy (non-hydrogen) atoms. The number of nitrogens with zero attached hydrogens (tertiary/aromatic N) is 4. The van der Waals surface area contributed by atoms with Gasteiger partial charge in [-0.15, -0.1) is 0 Å². The number of ether oxygens (including phenoxy) is 1. The van der Waals surface area contributed by atoms with Crippen molar-refractivity contribution in [3.63, 3.8) is 0 Å². The number of nitrogens with two attached hydrogens (primary N) is 1. The molecule has 0 radical (unpaired) electrons. The lowest BCUT2D eigenvalue weighted by Crippen LogP contribution is -2.39. The Morgan fingerprint density at radius 2 is 1.60 bits per heavy atom. The number of carbonyl (C=O) groups is 2. The molecule has 0 unspecified atom stereocenters. The normalized spacial score (nSPS) is 13.8. The number of primary amides is 1. The summed E-state index contributed by atoms with van der Waals surface area (Å²) in [5.74, 6) is -0.0681. The molecular formula is C37H35N5O3. The van der Waals surface area contributed by atoms with E-state index in [1.165, 1.54) is 5.39 Å². The quantitative estimate of drug-likeness (QED) is 0.208. The van der Waals surface area contributed by atoms with Crippen molar-refractivity contribution in [1.82, 2.24) is 19.0 Å². The van der Waals surface area contributed by atoms with Crippen molar-refractivity contribution in [3.8, 4) is 11.1 Å². The van der Waals surface area contributed by atoms with Crippen LogP contribution >= 0.6 is 0 Å².